The van der Waals surface area contributed by atoms with Crippen molar-refractivity contribution in [2.24, 2.45) is 17.8 Å². The molecule has 0 aliphatic heterocycles. The largest absolute Gasteiger partial charge is 0.245 e. The summed E-state index contributed by atoms with van der Waals surface area (Å²) in [5.74, 6) is 3.13. The van der Waals surface area contributed by atoms with Gasteiger partial charge in [-0.3, -0.25) is 0 Å². The van der Waals surface area contributed by atoms with Gasteiger partial charge in [0.05, 0.1) is 10.7 Å². The number of nitrogens with zero attached hydrogens (tertiary/aromatic N) is 1. The maximum absolute atomic E-state index is 4.60. The van der Waals surface area contributed by atoms with E-state index in [0.717, 1.165) is 17.8 Å². The molecule has 0 saturated heterocycles. The number of allylic oxidation sites excluding steroid dienone is 2. The van der Waals surface area contributed by atoms with Crippen LogP contribution < -0.4 is 0 Å². The van der Waals surface area contributed by atoms with Crippen molar-refractivity contribution in [2.45, 2.75) is 86.5 Å². The minimum absolute atomic E-state index is 0.206. The predicted molar refractivity (Wildman–Crippen MR) is 105 cm³/mol. The van der Waals surface area contributed by atoms with Crippen LogP contribution in [-0.4, -0.2) is 4.98 Å². The standard InChI is InChI=1S/C11H20.C10H17NS/c1-8(2)10-5-6-11(7-10)9(3)4;1-7(2)8-6-12-9(11-8)10(3,4)5/h5,8-9,11H,6-7H2,1-4H3;6-7H,1-5H3. The van der Waals surface area contributed by atoms with Gasteiger partial charge in [0.25, 0.3) is 0 Å². The summed E-state index contributed by atoms with van der Waals surface area (Å²) < 4.78 is 0. The van der Waals surface area contributed by atoms with Gasteiger partial charge in [0.15, 0.2) is 0 Å². The Kier molecular flexibility index (Phi) is 7.51. The SMILES string of the molecule is CC(C)C1=CCC(C(C)C)C1.CC(C)c1csc(C(C)(C)C)n1. The minimum Gasteiger partial charge on any atom is -0.245 e. The van der Waals surface area contributed by atoms with E-state index in [2.05, 4.69) is 78.8 Å². The van der Waals surface area contributed by atoms with Crippen LogP contribution in [0.5, 0.6) is 0 Å². The lowest BCUT2D eigenvalue weighted by molar-refractivity contribution is 0.399. The molecular weight excluding hydrogens is 298 g/mol. The Morgan fingerprint density at radius 1 is 1.04 bits per heavy atom. The lowest BCUT2D eigenvalue weighted by atomic mass is 9.91. The maximum atomic E-state index is 4.60. The predicted octanol–water partition coefficient (Wildman–Crippen LogP) is 7.20. The molecule has 1 heterocycles. The lowest BCUT2D eigenvalue weighted by Gasteiger charge is -2.15. The molecule has 1 nitrogen and oxygen atoms in total. The highest BCUT2D eigenvalue weighted by Gasteiger charge is 2.21. The van der Waals surface area contributed by atoms with Gasteiger partial charge in [-0.1, -0.05) is 74.0 Å². The van der Waals surface area contributed by atoms with Crippen LogP contribution in [0.3, 0.4) is 0 Å². The quantitative estimate of drug-likeness (QED) is 0.532. The topological polar surface area (TPSA) is 12.9 Å². The van der Waals surface area contributed by atoms with E-state index in [1.165, 1.54) is 23.5 Å². The molecule has 1 aromatic heterocycles. The molecule has 2 heteroatoms. The van der Waals surface area contributed by atoms with Gasteiger partial charge in [-0.05, 0) is 36.5 Å². The second-order valence-electron chi connectivity index (χ2n) is 8.86. The third-order valence-corrected chi connectivity index (χ3v) is 5.91. The van der Waals surface area contributed by atoms with E-state index >= 15 is 0 Å². The Labute approximate surface area is 148 Å². The van der Waals surface area contributed by atoms with Gasteiger partial charge >= 0.3 is 0 Å². The Morgan fingerprint density at radius 2 is 1.65 bits per heavy atom. The summed E-state index contributed by atoms with van der Waals surface area (Å²) in [7, 11) is 0. The number of thiazole rings is 1. The summed E-state index contributed by atoms with van der Waals surface area (Å²) in [5, 5.41) is 3.41. The summed E-state index contributed by atoms with van der Waals surface area (Å²) in [6.45, 7) is 20.2. The summed E-state index contributed by atoms with van der Waals surface area (Å²) >= 11 is 1.77. The molecule has 1 atom stereocenters. The van der Waals surface area contributed by atoms with E-state index in [-0.39, 0.29) is 5.41 Å². The van der Waals surface area contributed by atoms with Crippen molar-refractivity contribution in [3.05, 3.63) is 27.7 Å². The van der Waals surface area contributed by atoms with Crippen molar-refractivity contribution in [3.63, 3.8) is 0 Å². The molecule has 0 spiro atoms. The van der Waals surface area contributed by atoms with Gasteiger partial charge in [0, 0.05) is 10.8 Å². The van der Waals surface area contributed by atoms with Crippen LogP contribution in [-0.2, 0) is 5.41 Å². The first kappa shape index (κ1) is 20.4. The molecule has 0 N–H and O–H groups in total. The zero-order valence-electron chi connectivity index (χ0n) is 16.7. The molecule has 0 fully saturated rings. The van der Waals surface area contributed by atoms with Crippen LogP contribution in [0.15, 0.2) is 17.0 Å². The molecule has 1 unspecified atom stereocenters. The van der Waals surface area contributed by atoms with Crippen molar-refractivity contribution < 1.29 is 0 Å². The highest BCUT2D eigenvalue weighted by Crippen LogP contribution is 2.34. The Morgan fingerprint density at radius 3 is 1.91 bits per heavy atom. The third-order valence-electron chi connectivity index (χ3n) is 4.62. The fraction of sp³-hybridized carbons (Fsp3) is 0.762. The second kappa shape index (κ2) is 8.46. The van der Waals surface area contributed by atoms with Gasteiger partial charge in [0.2, 0.25) is 0 Å². The second-order valence-corrected chi connectivity index (χ2v) is 9.72. The summed E-state index contributed by atoms with van der Waals surface area (Å²) in [6.07, 6.45) is 5.13. The van der Waals surface area contributed by atoms with Gasteiger partial charge in [-0.2, -0.15) is 0 Å². The molecule has 2 rings (SSSR count). The third kappa shape index (κ3) is 6.41. The molecule has 0 saturated carbocycles. The highest BCUT2D eigenvalue weighted by atomic mass is 32.1. The van der Waals surface area contributed by atoms with Gasteiger partial charge in [-0.15, -0.1) is 11.3 Å². The van der Waals surface area contributed by atoms with Crippen LogP contribution in [0.4, 0.5) is 0 Å². The first-order chi connectivity index (χ1) is 10.5. The molecule has 1 aliphatic rings. The molecular formula is C21H37NS. The van der Waals surface area contributed by atoms with E-state index in [9.17, 15) is 0 Å². The normalized spacial score (nSPS) is 18.4. The fourth-order valence-electron chi connectivity index (χ4n) is 2.65. The molecule has 0 amide bonds. The first-order valence-electron chi connectivity index (χ1n) is 9.17. The summed E-state index contributed by atoms with van der Waals surface area (Å²) in [4.78, 5) is 4.60. The molecule has 0 aromatic carbocycles. The highest BCUT2D eigenvalue weighted by molar-refractivity contribution is 7.09. The van der Waals surface area contributed by atoms with Crippen LogP contribution in [0.1, 0.15) is 91.8 Å². The van der Waals surface area contributed by atoms with Crippen LogP contribution in [0.25, 0.3) is 0 Å². The van der Waals surface area contributed by atoms with E-state index in [1.807, 2.05) is 0 Å². The van der Waals surface area contributed by atoms with E-state index < -0.39 is 0 Å². The monoisotopic (exact) mass is 335 g/mol. The number of hydrogen-bond acceptors (Lipinski definition) is 2. The number of aromatic nitrogens is 1. The Bertz CT molecular complexity index is 500. The van der Waals surface area contributed by atoms with Gasteiger partial charge in [0.1, 0.15) is 0 Å². The first-order valence-corrected chi connectivity index (χ1v) is 10.0. The molecule has 1 aliphatic carbocycles. The molecule has 132 valence electrons. The minimum atomic E-state index is 0.206. The zero-order chi connectivity index (χ0) is 17.8. The van der Waals surface area contributed by atoms with Crippen LogP contribution >= 0.6 is 11.3 Å². The van der Waals surface area contributed by atoms with Crippen molar-refractivity contribution in [3.8, 4) is 0 Å². The number of rotatable bonds is 3. The van der Waals surface area contributed by atoms with Gasteiger partial charge < -0.3 is 0 Å². The van der Waals surface area contributed by atoms with Crippen LogP contribution in [0, 0.1) is 17.8 Å². The Hall–Kier alpha value is -0.630. The summed E-state index contributed by atoms with van der Waals surface area (Å²) in [5.41, 5.74) is 3.12. The van der Waals surface area contributed by atoms with E-state index in [4.69, 9.17) is 0 Å². The van der Waals surface area contributed by atoms with E-state index in [0.29, 0.717) is 5.92 Å². The average Bonchev–Trinajstić information content (AvgIpc) is 3.08. The van der Waals surface area contributed by atoms with Crippen molar-refractivity contribution in [1.82, 2.24) is 4.98 Å². The van der Waals surface area contributed by atoms with Crippen molar-refractivity contribution >= 4 is 11.3 Å². The lowest BCUT2D eigenvalue weighted by Crippen LogP contribution is -2.10. The van der Waals surface area contributed by atoms with Crippen molar-refractivity contribution in [1.29, 1.82) is 0 Å². The molecule has 0 bridgehead atoms. The smallest absolute Gasteiger partial charge is 0.0981 e. The van der Waals surface area contributed by atoms with Gasteiger partial charge in [-0.25, -0.2) is 4.98 Å². The zero-order valence-corrected chi connectivity index (χ0v) is 17.6. The van der Waals surface area contributed by atoms with Crippen LogP contribution in [0.2, 0.25) is 0 Å². The van der Waals surface area contributed by atoms with E-state index in [1.54, 1.807) is 16.9 Å². The molecule has 23 heavy (non-hydrogen) atoms. The summed E-state index contributed by atoms with van der Waals surface area (Å²) in [6, 6.07) is 0. The maximum Gasteiger partial charge on any atom is 0.0981 e. The van der Waals surface area contributed by atoms with Crippen molar-refractivity contribution in [2.75, 3.05) is 0 Å². The average molecular weight is 336 g/mol. The molecule has 0 radical (unpaired) electrons. The number of hydrogen-bond donors (Lipinski definition) is 0. The fourth-order valence-corrected chi connectivity index (χ4v) is 3.72. The molecule has 1 aromatic rings. The Balaban J connectivity index is 0.000000231.